The fourth-order valence-corrected chi connectivity index (χ4v) is 1.78. The Hall–Kier alpha value is -2.36. The van der Waals surface area contributed by atoms with Crippen LogP contribution in [0.25, 0.3) is 0 Å². The first kappa shape index (κ1) is 14.1. The maximum atomic E-state index is 13.9. The van der Waals surface area contributed by atoms with Crippen LogP contribution in [-0.2, 0) is 11.4 Å². The lowest BCUT2D eigenvalue weighted by Crippen LogP contribution is -2.08. The zero-order valence-electron chi connectivity index (χ0n) is 11.0. The van der Waals surface area contributed by atoms with E-state index < -0.39 is 17.7 Å². The fourth-order valence-electron chi connectivity index (χ4n) is 1.78. The van der Waals surface area contributed by atoms with E-state index in [0.717, 1.165) is 5.56 Å². The molecule has 0 saturated carbocycles. The van der Waals surface area contributed by atoms with Gasteiger partial charge in [0.2, 0.25) is 0 Å². The summed E-state index contributed by atoms with van der Waals surface area (Å²) >= 11 is 0. The Morgan fingerprint density at radius 1 is 1.25 bits per heavy atom. The van der Waals surface area contributed by atoms with Gasteiger partial charge in [-0.3, -0.25) is 4.79 Å². The molecule has 0 spiro atoms. The van der Waals surface area contributed by atoms with Crippen LogP contribution in [0.1, 0.15) is 24.0 Å². The first-order chi connectivity index (χ1) is 9.58. The maximum Gasteiger partial charge on any atom is 0.310 e. The molecule has 4 heteroatoms. The number of halogens is 1. The number of carbonyl (C=O) groups is 1. The topological polar surface area (TPSA) is 46.5 Å². The minimum atomic E-state index is -0.984. The molecule has 0 aliphatic rings. The maximum absolute atomic E-state index is 13.9. The monoisotopic (exact) mass is 274 g/mol. The van der Waals surface area contributed by atoms with Crippen molar-refractivity contribution in [3.05, 3.63) is 65.5 Å². The van der Waals surface area contributed by atoms with Gasteiger partial charge in [0.1, 0.15) is 6.61 Å². The summed E-state index contributed by atoms with van der Waals surface area (Å²) < 4.78 is 19.3. The lowest BCUT2D eigenvalue weighted by Gasteiger charge is -2.10. The second-order valence-corrected chi connectivity index (χ2v) is 4.52. The van der Waals surface area contributed by atoms with Gasteiger partial charge in [0.15, 0.2) is 11.6 Å². The number of aliphatic carboxylic acids is 1. The van der Waals surface area contributed by atoms with Crippen LogP contribution in [0.15, 0.2) is 48.5 Å². The van der Waals surface area contributed by atoms with Crippen LogP contribution in [0.3, 0.4) is 0 Å². The quantitative estimate of drug-likeness (QED) is 0.906. The van der Waals surface area contributed by atoms with Crippen LogP contribution in [0.4, 0.5) is 4.39 Å². The van der Waals surface area contributed by atoms with Gasteiger partial charge in [0.05, 0.1) is 5.92 Å². The molecule has 0 heterocycles. The van der Waals surface area contributed by atoms with Crippen LogP contribution in [-0.4, -0.2) is 11.1 Å². The number of benzene rings is 2. The molecule has 1 N–H and O–H groups in total. The first-order valence-electron chi connectivity index (χ1n) is 6.27. The zero-order valence-corrected chi connectivity index (χ0v) is 11.0. The van der Waals surface area contributed by atoms with Crippen molar-refractivity contribution in [1.82, 2.24) is 0 Å². The minimum absolute atomic E-state index is 0.121. The van der Waals surface area contributed by atoms with E-state index in [1.165, 1.54) is 19.1 Å². The Balaban J connectivity index is 2.08. The first-order valence-corrected chi connectivity index (χ1v) is 6.27. The summed E-state index contributed by atoms with van der Waals surface area (Å²) in [5.74, 6) is -2.16. The summed E-state index contributed by atoms with van der Waals surface area (Å²) in [4.78, 5) is 10.9. The van der Waals surface area contributed by atoms with E-state index in [9.17, 15) is 9.18 Å². The van der Waals surface area contributed by atoms with Gasteiger partial charge in [0.25, 0.3) is 0 Å². The van der Waals surface area contributed by atoms with Gasteiger partial charge in [-0.15, -0.1) is 0 Å². The Morgan fingerprint density at radius 2 is 1.95 bits per heavy atom. The SMILES string of the molecule is C[C@H](C(=O)O)c1ccc(OCc2ccccc2)c(F)c1. The highest BCUT2D eigenvalue weighted by atomic mass is 19.1. The van der Waals surface area contributed by atoms with E-state index in [1.807, 2.05) is 30.3 Å². The molecule has 0 fully saturated rings. The van der Waals surface area contributed by atoms with Crippen LogP contribution in [0, 0.1) is 5.82 Å². The lowest BCUT2D eigenvalue weighted by molar-refractivity contribution is -0.138. The number of hydrogen-bond donors (Lipinski definition) is 1. The number of rotatable bonds is 5. The largest absolute Gasteiger partial charge is 0.486 e. The molecule has 0 radical (unpaired) electrons. The summed E-state index contributed by atoms with van der Waals surface area (Å²) in [6.45, 7) is 1.78. The molecule has 3 nitrogen and oxygen atoms in total. The second-order valence-electron chi connectivity index (χ2n) is 4.52. The van der Waals surface area contributed by atoms with E-state index in [4.69, 9.17) is 9.84 Å². The smallest absolute Gasteiger partial charge is 0.310 e. The standard InChI is InChI=1S/C16H15FO3/c1-11(16(18)19)13-7-8-15(14(17)9-13)20-10-12-5-3-2-4-6-12/h2-9,11H,10H2,1H3,(H,18,19)/t11-/m0/s1. The summed E-state index contributed by atoms with van der Waals surface area (Å²) in [5.41, 5.74) is 1.36. The third kappa shape index (κ3) is 3.35. The molecule has 0 aromatic heterocycles. The Morgan fingerprint density at radius 3 is 2.55 bits per heavy atom. The van der Waals surface area contributed by atoms with E-state index >= 15 is 0 Å². The third-order valence-corrected chi connectivity index (χ3v) is 3.06. The molecule has 2 rings (SSSR count). The van der Waals surface area contributed by atoms with Crippen LogP contribution in [0.2, 0.25) is 0 Å². The minimum Gasteiger partial charge on any atom is -0.486 e. The molecule has 0 bridgehead atoms. The molecule has 2 aromatic rings. The number of ether oxygens (including phenoxy) is 1. The third-order valence-electron chi connectivity index (χ3n) is 3.06. The zero-order chi connectivity index (χ0) is 14.5. The van der Waals surface area contributed by atoms with E-state index in [2.05, 4.69) is 0 Å². The number of hydrogen-bond acceptors (Lipinski definition) is 2. The molecule has 1 atom stereocenters. The van der Waals surface area contributed by atoms with Crippen molar-refractivity contribution in [2.45, 2.75) is 19.4 Å². The van der Waals surface area contributed by atoms with Gasteiger partial charge < -0.3 is 9.84 Å². The van der Waals surface area contributed by atoms with Crippen molar-refractivity contribution >= 4 is 5.97 Å². The fraction of sp³-hybridized carbons (Fsp3) is 0.188. The van der Waals surface area contributed by atoms with Crippen molar-refractivity contribution < 1.29 is 19.0 Å². The highest BCUT2D eigenvalue weighted by molar-refractivity contribution is 5.75. The summed E-state index contributed by atoms with van der Waals surface area (Å²) in [7, 11) is 0. The molecule has 104 valence electrons. The Kier molecular flexibility index (Phi) is 4.35. The molecule has 0 aliphatic carbocycles. The van der Waals surface area contributed by atoms with E-state index in [-0.39, 0.29) is 12.4 Å². The molecule has 0 unspecified atom stereocenters. The Bertz CT molecular complexity index is 596. The van der Waals surface area contributed by atoms with Gasteiger partial charge in [-0.1, -0.05) is 36.4 Å². The molecular weight excluding hydrogens is 259 g/mol. The summed E-state index contributed by atoms with van der Waals surface area (Å²) in [6.07, 6.45) is 0. The average molecular weight is 274 g/mol. The average Bonchev–Trinajstić information content (AvgIpc) is 2.46. The van der Waals surface area contributed by atoms with Crippen LogP contribution >= 0.6 is 0 Å². The van der Waals surface area contributed by atoms with Crippen molar-refractivity contribution in [3.8, 4) is 5.75 Å². The van der Waals surface area contributed by atoms with Crippen molar-refractivity contribution in [1.29, 1.82) is 0 Å². The highest BCUT2D eigenvalue weighted by Crippen LogP contribution is 2.24. The highest BCUT2D eigenvalue weighted by Gasteiger charge is 2.15. The molecule has 20 heavy (non-hydrogen) atoms. The predicted molar refractivity (Wildman–Crippen MR) is 73.2 cm³/mol. The number of carboxylic acids is 1. The van der Waals surface area contributed by atoms with Gasteiger partial charge in [-0.25, -0.2) is 4.39 Å². The van der Waals surface area contributed by atoms with E-state index in [1.54, 1.807) is 6.07 Å². The Labute approximate surface area is 116 Å². The van der Waals surface area contributed by atoms with Gasteiger partial charge >= 0.3 is 5.97 Å². The van der Waals surface area contributed by atoms with Crippen molar-refractivity contribution in [2.24, 2.45) is 0 Å². The molecule has 0 saturated heterocycles. The lowest BCUT2D eigenvalue weighted by atomic mass is 10.0. The van der Waals surface area contributed by atoms with Crippen molar-refractivity contribution in [2.75, 3.05) is 0 Å². The molecular formula is C16H15FO3. The van der Waals surface area contributed by atoms with Crippen LogP contribution < -0.4 is 4.74 Å². The van der Waals surface area contributed by atoms with E-state index in [0.29, 0.717) is 5.56 Å². The van der Waals surface area contributed by atoms with Crippen molar-refractivity contribution in [3.63, 3.8) is 0 Å². The molecule has 2 aromatic carbocycles. The second kappa shape index (κ2) is 6.19. The summed E-state index contributed by atoms with van der Waals surface area (Å²) in [6, 6.07) is 13.7. The van der Waals surface area contributed by atoms with Crippen LogP contribution in [0.5, 0.6) is 5.75 Å². The normalized spacial score (nSPS) is 11.9. The summed E-state index contributed by atoms with van der Waals surface area (Å²) in [5, 5.41) is 8.89. The predicted octanol–water partition coefficient (Wildman–Crippen LogP) is 3.59. The van der Waals surface area contributed by atoms with Gasteiger partial charge in [0, 0.05) is 0 Å². The molecule has 0 amide bonds. The number of carboxylic acid groups (broad SMARTS) is 1. The van der Waals surface area contributed by atoms with Gasteiger partial charge in [-0.05, 0) is 30.2 Å². The molecule has 0 aliphatic heterocycles. The van der Waals surface area contributed by atoms with Gasteiger partial charge in [-0.2, -0.15) is 0 Å².